The highest BCUT2D eigenvalue weighted by Gasteiger charge is 2.39. The van der Waals surface area contributed by atoms with Crippen LogP contribution in [0, 0.1) is 5.82 Å². The first-order chi connectivity index (χ1) is 16.0. The van der Waals surface area contributed by atoms with Gasteiger partial charge >= 0.3 is 6.18 Å². The highest BCUT2D eigenvalue weighted by molar-refractivity contribution is 6.31. The van der Waals surface area contributed by atoms with E-state index in [-0.39, 0.29) is 23.1 Å². The second-order valence-corrected chi connectivity index (χ2v) is 7.49. The van der Waals surface area contributed by atoms with E-state index in [1.807, 2.05) is 0 Å². The molecule has 0 bridgehead atoms. The van der Waals surface area contributed by atoms with Gasteiger partial charge in [-0.1, -0.05) is 17.7 Å². The van der Waals surface area contributed by atoms with E-state index in [1.165, 1.54) is 23.2 Å². The van der Waals surface area contributed by atoms with E-state index < -0.39 is 53.9 Å². The van der Waals surface area contributed by atoms with Crippen molar-refractivity contribution in [2.75, 3.05) is 18.2 Å². The summed E-state index contributed by atoms with van der Waals surface area (Å²) in [6.45, 7) is 1.95. The monoisotopic (exact) mass is 506 g/mol. The Kier molecular flexibility index (Phi) is 7.64. The van der Waals surface area contributed by atoms with Crippen LogP contribution in [0.3, 0.4) is 0 Å². The molecule has 7 nitrogen and oxygen atoms in total. The fraction of sp³-hybridized carbons (Fsp3) is 0.333. The maximum Gasteiger partial charge on any atom is 0.425 e. The number of rotatable bonds is 7. The van der Waals surface area contributed by atoms with Gasteiger partial charge in [-0.2, -0.15) is 18.3 Å². The average molecular weight is 507 g/mol. The normalized spacial score (nSPS) is 17.8. The summed E-state index contributed by atoms with van der Waals surface area (Å²) in [4.78, 5) is 5.01. The Bertz CT molecular complexity index is 1110. The van der Waals surface area contributed by atoms with Crippen LogP contribution in [-0.2, 0) is 0 Å². The fourth-order valence-corrected chi connectivity index (χ4v) is 3.30. The molecule has 2 aromatic rings. The number of halogens is 6. The minimum Gasteiger partial charge on any atom is -0.480 e. The molecule has 3 rings (SSSR count). The van der Waals surface area contributed by atoms with E-state index in [0.29, 0.717) is 13.0 Å². The molecular weight excluding hydrogens is 487 g/mol. The lowest BCUT2D eigenvalue weighted by Gasteiger charge is -2.27. The number of aromatic nitrogens is 1. The van der Waals surface area contributed by atoms with Crippen molar-refractivity contribution < 1.29 is 36.9 Å². The van der Waals surface area contributed by atoms with Gasteiger partial charge in [-0.05, 0) is 32.1 Å². The predicted molar refractivity (Wildman–Crippen MR) is 116 cm³/mol. The maximum atomic E-state index is 15.1. The Balaban J connectivity index is 2.12. The van der Waals surface area contributed by atoms with Crippen LogP contribution in [0.15, 0.2) is 35.6 Å². The zero-order valence-corrected chi connectivity index (χ0v) is 18.6. The van der Waals surface area contributed by atoms with Crippen LogP contribution in [0.4, 0.5) is 27.6 Å². The first kappa shape index (κ1) is 25.7. The van der Waals surface area contributed by atoms with Crippen molar-refractivity contribution in [2.24, 2.45) is 5.10 Å². The van der Waals surface area contributed by atoms with Crippen molar-refractivity contribution in [3.8, 4) is 5.75 Å². The van der Waals surface area contributed by atoms with E-state index in [0.717, 1.165) is 17.2 Å². The van der Waals surface area contributed by atoms with Crippen molar-refractivity contribution in [3.05, 3.63) is 52.6 Å². The Morgan fingerprint density at radius 3 is 2.62 bits per heavy atom. The second kappa shape index (κ2) is 10.1. The number of hydrazone groups is 1. The number of hydrogen-bond donors (Lipinski definition) is 2. The van der Waals surface area contributed by atoms with Gasteiger partial charge in [0.2, 0.25) is 6.35 Å². The molecule has 0 amide bonds. The van der Waals surface area contributed by atoms with E-state index in [4.69, 9.17) is 16.3 Å². The third-order valence-electron chi connectivity index (χ3n) is 4.92. The first-order valence-electron chi connectivity index (χ1n) is 9.95. The van der Waals surface area contributed by atoms with Gasteiger partial charge in [0.15, 0.2) is 11.9 Å². The molecule has 1 aliphatic heterocycles. The first-order valence-corrected chi connectivity index (χ1v) is 10.3. The summed E-state index contributed by atoms with van der Waals surface area (Å²) in [5.74, 6) is -2.90. The van der Waals surface area contributed by atoms with Crippen molar-refractivity contribution >= 4 is 35.0 Å². The number of alkyl halides is 3. The lowest BCUT2D eigenvalue weighted by atomic mass is 10.1. The Hall–Kier alpha value is -2.96. The molecule has 2 atom stereocenters. The standard InChI is InChI=1S/C21H20ClF5N4O3/c1-3-30-18(10-32)29-31(20(30)33)16-9-17(34-11(2)21(25,26)27)13(8-15(16)24)14(23)7-12-5-4-6-28-19(12)22/h4-9,11,20,32-33H,3,10H2,1-2H3/b14-7-/t11-,20?/m0/s1. The minimum atomic E-state index is -4.80. The van der Waals surface area contributed by atoms with Crippen molar-refractivity contribution in [2.45, 2.75) is 32.5 Å². The summed E-state index contributed by atoms with van der Waals surface area (Å²) in [5, 5.41) is 24.5. The van der Waals surface area contributed by atoms with E-state index in [9.17, 15) is 23.4 Å². The smallest absolute Gasteiger partial charge is 0.425 e. The van der Waals surface area contributed by atoms with E-state index in [2.05, 4.69) is 10.1 Å². The van der Waals surface area contributed by atoms with E-state index in [1.54, 1.807) is 6.92 Å². The van der Waals surface area contributed by atoms with E-state index >= 15 is 8.78 Å². The molecule has 0 radical (unpaired) electrons. The van der Waals surface area contributed by atoms with Crippen LogP contribution < -0.4 is 9.75 Å². The number of nitrogens with zero attached hydrogens (tertiary/aromatic N) is 4. The average Bonchev–Trinajstić information content (AvgIpc) is 3.10. The zero-order chi connectivity index (χ0) is 25.2. The van der Waals surface area contributed by atoms with Gasteiger partial charge in [0.25, 0.3) is 0 Å². The van der Waals surface area contributed by atoms with Crippen LogP contribution in [0.5, 0.6) is 5.75 Å². The van der Waals surface area contributed by atoms with Crippen molar-refractivity contribution in [1.29, 1.82) is 0 Å². The topological polar surface area (TPSA) is 81.4 Å². The fourth-order valence-electron chi connectivity index (χ4n) is 3.13. The number of hydrogen-bond acceptors (Lipinski definition) is 7. The highest BCUT2D eigenvalue weighted by atomic mass is 35.5. The molecule has 0 saturated carbocycles. The third kappa shape index (κ3) is 5.24. The molecule has 2 N–H and O–H groups in total. The summed E-state index contributed by atoms with van der Waals surface area (Å²) in [6.07, 6.45) is -6.50. The molecule has 0 saturated heterocycles. The second-order valence-electron chi connectivity index (χ2n) is 7.13. The molecule has 1 aromatic carbocycles. The summed E-state index contributed by atoms with van der Waals surface area (Å²) in [7, 11) is 0. The number of pyridine rings is 1. The Labute approximate surface area is 196 Å². The summed E-state index contributed by atoms with van der Waals surface area (Å²) >= 11 is 5.90. The molecule has 0 aliphatic carbocycles. The molecule has 1 aliphatic rings. The Morgan fingerprint density at radius 2 is 2.06 bits per heavy atom. The van der Waals surface area contributed by atoms with Gasteiger partial charge < -0.3 is 19.8 Å². The molecule has 184 valence electrons. The summed E-state index contributed by atoms with van der Waals surface area (Å²) in [6, 6.07) is 4.29. The molecule has 34 heavy (non-hydrogen) atoms. The summed E-state index contributed by atoms with van der Waals surface area (Å²) in [5.41, 5.74) is -1.01. The third-order valence-corrected chi connectivity index (χ3v) is 5.24. The van der Waals surface area contributed by atoms with Gasteiger partial charge in [0.1, 0.15) is 34.8 Å². The van der Waals surface area contributed by atoms with Gasteiger partial charge in [0.05, 0.1) is 5.56 Å². The Morgan fingerprint density at radius 1 is 1.35 bits per heavy atom. The lowest BCUT2D eigenvalue weighted by molar-refractivity contribution is -0.189. The van der Waals surface area contributed by atoms with Crippen LogP contribution in [0.2, 0.25) is 5.15 Å². The SMILES string of the molecule is CCN1C(CO)=NN(c2cc(O[C@@H](C)C(F)(F)F)c(/C(F)=C/c3cccnc3Cl)cc2F)C1O. The van der Waals surface area contributed by atoms with Gasteiger partial charge in [-0.3, -0.25) is 0 Å². The number of aliphatic hydroxyl groups is 2. The molecule has 13 heteroatoms. The molecule has 1 unspecified atom stereocenters. The van der Waals surface area contributed by atoms with Crippen LogP contribution in [0.25, 0.3) is 11.9 Å². The van der Waals surface area contributed by atoms with Crippen molar-refractivity contribution in [1.82, 2.24) is 9.88 Å². The predicted octanol–water partition coefficient (Wildman–Crippen LogP) is 4.39. The van der Waals surface area contributed by atoms with Gasteiger partial charge in [-0.25, -0.2) is 18.8 Å². The lowest BCUT2D eigenvalue weighted by Crippen LogP contribution is -2.43. The number of benzene rings is 1. The number of aliphatic hydroxyl groups excluding tert-OH is 2. The maximum absolute atomic E-state index is 15.1. The van der Waals surface area contributed by atoms with Crippen LogP contribution in [-0.4, -0.2) is 57.7 Å². The quantitative estimate of drug-likeness (QED) is 0.428. The number of likely N-dealkylation sites (N-methyl/N-ethyl adjacent to an activating group) is 1. The zero-order valence-electron chi connectivity index (χ0n) is 17.9. The minimum absolute atomic E-state index is 0.00176. The number of anilines is 1. The van der Waals surface area contributed by atoms with Crippen molar-refractivity contribution in [3.63, 3.8) is 0 Å². The molecule has 0 fully saturated rings. The van der Waals surface area contributed by atoms with Crippen LogP contribution >= 0.6 is 11.6 Å². The largest absolute Gasteiger partial charge is 0.480 e. The highest BCUT2D eigenvalue weighted by Crippen LogP contribution is 2.39. The number of ether oxygens (including phenoxy) is 1. The number of amidine groups is 1. The summed E-state index contributed by atoms with van der Waals surface area (Å²) < 4.78 is 74.6. The van der Waals surface area contributed by atoms with Gasteiger partial charge in [0, 0.05) is 24.4 Å². The molecule has 2 heterocycles. The molecule has 1 aromatic heterocycles. The molecule has 0 spiro atoms. The van der Waals surface area contributed by atoms with Gasteiger partial charge in [-0.15, -0.1) is 0 Å². The van der Waals surface area contributed by atoms with Crippen LogP contribution in [0.1, 0.15) is 25.0 Å². The molecular formula is C21H20ClF5N4O3.